The highest BCUT2D eigenvalue weighted by atomic mass is 35.5. The number of hydrogen-bond donors (Lipinski definition) is 3. The first kappa shape index (κ1) is 14.5. The minimum atomic E-state index is -0.0752. The van der Waals surface area contributed by atoms with Crippen molar-refractivity contribution in [2.24, 2.45) is 0 Å². The van der Waals surface area contributed by atoms with Crippen molar-refractivity contribution in [3.63, 3.8) is 0 Å². The van der Waals surface area contributed by atoms with Crippen LogP contribution in [0.15, 0.2) is 0 Å². The molecular weight excluding hydrogens is 238 g/mol. The average Bonchev–Trinajstić information content (AvgIpc) is 2.64. The van der Waals surface area contributed by atoms with Gasteiger partial charge in [0.25, 0.3) is 0 Å². The summed E-state index contributed by atoms with van der Waals surface area (Å²) in [4.78, 5) is 21.9. The molecule has 3 N–H and O–H groups in total. The molecule has 0 unspecified atom stereocenters. The molecule has 7 heteroatoms. The van der Waals surface area contributed by atoms with Crippen molar-refractivity contribution < 1.29 is 9.59 Å². The number of amides is 2. The standard InChI is InChI=1S/C8H15N3O2S.ClH/c1-6(12)9-2-3-10-8(13)7-4-14-5-11-7;/h7,11H,2-5H2,1H3,(H,9,12)(H,10,13);1H/t7-;/m1./s1. The van der Waals surface area contributed by atoms with Crippen LogP contribution in [0.2, 0.25) is 0 Å². The van der Waals surface area contributed by atoms with E-state index < -0.39 is 0 Å². The Morgan fingerprint density at radius 1 is 1.40 bits per heavy atom. The molecule has 0 radical (unpaired) electrons. The van der Waals surface area contributed by atoms with Gasteiger partial charge in [0.2, 0.25) is 11.8 Å². The van der Waals surface area contributed by atoms with E-state index in [1.165, 1.54) is 6.92 Å². The highest BCUT2D eigenvalue weighted by Gasteiger charge is 2.21. The average molecular weight is 254 g/mol. The molecular formula is C8H16ClN3O2S. The molecule has 0 aromatic carbocycles. The highest BCUT2D eigenvalue weighted by molar-refractivity contribution is 7.99. The lowest BCUT2D eigenvalue weighted by Crippen LogP contribution is -2.44. The Labute approximate surface area is 99.5 Å². The maximum atomic E-state index is 11.4. The van der Waals surface area contributed by atoms with Crippen molar-refractivity contribution in [2.75, 3.05) is 24.7 Å². The summed E-state index contributed by atoms with van der Waals surface area (Å²) in [6.07, 6.45) is 0. The van der Waals surface area contributed by atoms with Crippen molar-refractivity contribution in [3.05, 3.63) is 0 Å². The number of carbonyl (C=O) groups excluding carboxylic acids is 2. The van der Waals surface area contributed by atoms with Crippen molar-refractivity contribution in [1.29, 1.82) is 0 Å². The molecule has 1 atom stereocenters. The van der Waals surface area contributed by atoms with Crippen LogP contribution in [0.4, 0.5) is 0 Å². The zero-order valence-corrected chi connectivity index (χ0v) is 10.2. The lowest BCUT2D eigenvalue weighted by molar-refractivity contribution is -0.123. The van der Waals surface area contributed by atoms with Gasteiger partial charge in [0.1, 0.15) is 0 Å². The van der Waals surface area contributed by atoms with Crippen LogP contribution in [-0.2, 0) is 9.59 Å². The summed E-state index contributed by atoms with van der Waals surface area (Å²) in [5.41, 5.74) is 0. The predicted octanol–water partition coefficient (Wildman–Crippen LogP) is -0.677. The van der Waals surface area contributed by atoms with Crippen LogP contribution in [0.25, 0.3) is 0 Å². The Balaban J connectivity index is 0.00000196. The molecule has 5 nitrogen and oxygen atoms in total. The van der Waals surface area contributed by atoms with Crippen molar-refractivity contribution in [2.45, 2.75) is 13.0 Å². The van der Waals surface area contributed by atoms with E-state index in [-0.39, 0.29) is 30.3 Å². The van der Waals surface area contributed by atoms with Gasteiger partial charge in [0.15, 0.2) is 0 Å². The van der Waals surface area contributed by atoms with Crippen molar-refractivity contribution >= 4 is 36.0 Å². The van der Waals surface area contributed by atoms with E-state index in [2.05, 4.69) is 16.0 Å². The number of rotatable bonds is 4. The molecule has 88 valence electrons. The molecule has 0 spiro atoms. The Bertz CT molecular complexity index is 222. The van der Waals surface area contributed by atoms with E-state index in [1.54, 1.807) is 11.8 Å². The Morgan fingerprint density at radius 3 is 2.60 bits per heavy atom. The third kappa shape index (κ3) is 5.86. The summed E-state index contributed by atoms with van der Waals surface area (Å²) in [5, 5.41) is 8.43. The lowest BCUT2D eigenvalue weighted by Gasteiger charge is -2.10. The largest absolute Gasteiger partial charge is 0.355 e. The summed E-state index contributed by atoms with van der Waals surface area (Å²) in [6, 6.07) is -0.0719. The van der Waals surface area contributed by atoms with E-state index in [0.717, 1.165) is 11.6 Å². The molecule has 0 bridgehead atoms. The van der Waals surface area contributed by atoms with Gasteiger partial charge in [0.05, 0.1) is 6.04 Å². The van der Waals surface area contributed by atoms with Gasteiger partial charge in [-0.3, -0.25) is 14.9 Å². The van der Waals surface area contributed by atoms with Gasteiger partial charge in [-0.25, -0.2) is 0 Å². The van der Waals surface area contributed by atoms with Crippen molar-refractivity contribution in [3.8, 4) is 0 Å². The molecule has 0 aromatic heterocycles. The second-order valence-corrected chi connectivity index (χ2v) is 4.08. The fourth-order valence-electron chi connectivity index (χ4n) is 1.11. The van der Waals surface area contributed by atoms with Gasteiger partial charge >= 0.3 is 0 Å². The van der Waals surface area contributed by atoms with Gasteiger partial charge in [-0.05, 0) is 0 Å². The minimum Gasteiger partial charge on any atom is -0.355 e. The molecule has 1 fully saturated rings. The minimum absolute atomic E-state index is 0. The summed E-state index contributed by atoms with van der Waals surface area (Å²) in [5.74, 6) is 1.60. The molecule has 0 aromatic rings. The second kappa shape index (κ2) is 7.78. The topological polar surface area (TPSA) is 70.2 Å². The zero-order chi connectivity index (χ0) is 10.4. The first-order valence-electron chi connectivity index (χ1n) is 4.53. The maximum Gasteiger partial charge on any atom is 0.238 e. The third-order valence-electron chi connectivity index (χ3n) is 1.83. The fourth-order valence-corrected chi connectivity index (χ4v) is 2.05. The van der Waals surface area contributed by atoms with E-state index >= 15 is 0 Å². The lowest BCUT2D eigenvalue weighted by atomic mass is 10.3. The van der Waals surface area contributed by atoms with Crippen LogP contribution < -0.4 is 16.0 Å². The fraction of sp³-hybridized carbons (Fsp3) is 0.750. The highest BCUT2D eigenvalue weighted by Crippen LogP contribution is 2.08. The number of halogens is 1. The van der Waals surface area contributed by atoms with Crippen LogP contribution in [0.1, 0.15) is 6.92 Å². The zero-order valence-electron chi connectivity index (χ0n) is 8.54. The molecule has 1 aliphatic heterocycles. The molecule has 0 aliphatic carbocycles. The summed E-state index contributed by atoms with van der Waals surface area (Å²) < 4.78 is 0. The summed E-state index contributed by atoms with van der Waals surface area (Å²) in [7, 11) is 0. The molecule has 1 heterocycles. The molecule has 1 rings (SSSR count). The molecule has 1 aliphatic rings. The quantitative estimate of drug-likeness (QED) is 0.581. The van der Waals surface area contributed by atoms with E-state index in [1.807, 2.05) is 0 Å². The molecule has 2 amide bonds. The Kier molecular flexibility index (Phi) is 7.54. The summed E-state index contributed by atoms with van der Waals surface area (Å²) >= 11 is 1.71. The van der Waals surface area contributed by atoms with Crippen LogP contribution in [0.5, 0.6) is 0 Å². The smallest absolute Gasteiger partial charge is 0.238 e. The predicted molar refractivity (Wildman–Crippen MR) is 63.2 cm³/mol. The van der Waals surface area contributed by atoms with Crippen LogP contribution >= 0.6 is 24.2 Å². The third-order valence-corrected chi connectivity index (χ3v) is 2.77. The van der Waals surface area contributed by atoms with Crippen LogP contribution in [0, 0.1) is 0 Å². The molecule has 15 heavy (non-hydrogen) atoms. The van der Waals surface area contributed by atoms with E-state index in [0.29, 0.717) is 13.1 Å². The van der Waals surface area contributed by atoms with Gasteiger partial charge in [0, 0.05) is 31.6 Å². The number of carbonyl (C=O) groups is 2. The number of thioether (sulfide) groups is 1. The van der Waals surface area contributed by atoms with Gasteiger partial charge < -0.3 is 10.6 Å². The van der Waals surface area contributed by atoms with Gasteiger partial charge in [-0.1, -0.05) is 0 Å². The van der Waals surface area contributed by atoms with E-state index in [9.17, 15) is 9.59 Å². The summed E-state index contributed by atoms with van der Waals surface area (Å²) in [6.45, 7) is 2.43. The monoisotopic (exact) mass is 253 g/mol. The van der Waals surface area contributed by atoms with Gasteiger partial charge in [-0.2, -0.15) is 0 Å². The molecule has 1 saturated heterocycles. The first-order valence-corrected chi connectivity index (χ1v) is 5.69. The number of nitrogens with one attached hydrogen (secondary N) is 3. The number of hydrogen-bond acceptors (Lipinski definition) is 4. The Morgan fingerprint density at radius 2 is 2.07 bits per heavy atom. The van der Waals surface area contributed by atoms with E-state index in [4.69, 9.17) is 0 Å². The van der Waals surface area contributed by atoms with Crippen LogP contribution in [0.3, 0.4) is 0 Å². The van der Waals surface area contributed by atoms with Gasteiger partial charge in [-0.15, -0.1) is 24.2 Å². The van der Waals surface area contributed by atoms with Crippen LogP contribution in [-0.4, -0.2) is 42.6 Å². The maximum absolute atomic E-state index is 11.4. The normalized spacial score (nSPS) is 19.1. The SMILES string of the molecule is CC(=O)NCCNC(=O)[C@H]1CSCN1.Cl. The Hall–Kier alpha value is -0.460. The molecule has 0 saturated carbocycles. The van der Waals surface area contributed by atoms with Crippen molar-refractivity contribution in [1.82, 2.24) is 16.0 Å². The first-order chi connectivity index (χ1) is 6.70. The second-order valence-electron chi connectivity index (χ2n) is 3.05.